The van der Waals surface area contributed by atoms with E-state index in [1.165, 1.54) is 37.3 Å². The van der Waals surface area contributed by atoms with E-state index in [2.05, 4.69) is 38.3 Å². The van der Waals surface area contributed by atoms with E-state index in [9.17, 15) is 0 Å². The van der Waals surface area contributed by atoms with E-state index in [1.54, 1.807) is 11.3 Å². The van der Waals surface area contributed by atoms with Gasteiger partial charge in [0.1, 0.15) is 5.82 Å². The first-order valence-corrected chi connectivity index (χ1v) is 7.95. The predicted octanol–water partition coefficient (Wildman–Crippen LogP) is 2.94. The number of piperidine rings is 1. The van der Waals surface area contributed by atoms with Crippen molar-refractivity contribution in [3.05, 3.63) is 40.6 Å². The lowest BCUT2D eigenvalue weighted by Crippen LogP contribution is -2.35. The van der Waals surface area contributed by atoms with Crippen LogP contribution in [-0.2, 0) is 20.0 Å². The average Bonchev–Trinajstić information content (AvgIpc) is 3.03. The minimum atomic E-state index is 0.758. The molecule has 4 heteroatoms. The van der Waals surface area contributed by atoms with Crippen LogP contribution in [0.25, 0.3) is 0 Å². The maximum absolute atomic E-state index is 4.46. The molecule has 0 bridgehead atoms. The van der Waals surface area contributed by atoms with Crippen LogP contribution in [0.4, 0.5) is 0 Å². The fourth-order valence-electron chi connectivity index (χ4n) is 2.95. The Hall–Kier alpha value is -1.13. The molecule has 0 amide bonds. The molecule has 1 saturated heterocycles. The minimum Gasteiger partial charge on any atom is -0.338 e. The standard InChI is InChI=1S/C15H21N3S/c1-17-7-5-16-15(17)9-13-3-2-6-18(10-13)11-14-4-8-19-12-14/h4-5,7-8,12-13H,2-3,6,9-11H2,1H3. The summed E-state index contributed by atoms with van der Waals surface area (Å²) < 4.78 is 2.15. The SMILES string of the molecule is Cn1ccnc1CC1CCCN(Cc2ccsc2)C1. The first-order valence-electron chi connectivity index (χ1n) is 7.01. The molecule has 1 aliphatic rings. The zero-order valence-electron chi connectivity index (χ0n) is 11.5. The predicted molar refractivity (Wildman–Crippen MR) is 79.2 cm³/mol. The molecule has 1 atom stereocenters. The van der Waals surface area contributed by atoms with Crippen LogP contribution in [-0.4, -0.2) is 27.5 Å². The van der Waals surface area contributed by atoms with Crippen molar-refractivity contribution in [3.8, 4) is 0 Å². The van der Waals surface area contributed by atoms with Gasteiger partial charge in [-0.3, -0.25) is 4.90 Å². The van der Waals surface area contributed by atoms with E-state index >= 15 is 0 Å². The van der Waals surface area contributed by atoms with Crippen LogP contribution < -0.4 is 0 Å². The topological polar surface area (TPSA) is 21.1 Å². The van der Waals surface area contributed by atoms with Crippen molar-refractivity contribution in [3.63, 3.8) is 0 Å². The number of hydrogen-bond acceptors (Lipinski definition) is 3. The molecular weight excluding hydrogens is 254 g/mol. The van der Waals surface area contributed by atoms with E-state index < -0.39 is 0 Å². The first kappa shape index (κ1) is 12.9. The molecule has 1 unspecified atom stereocenters. The van der Waals surface area contributed by atoms with Crippen LogP contribution >= 0.6 is 11.3 Å². The highest BCUT2D eigenvalue weighted by Gasteiger charge is 2.21. The third kappa shape index (κ3) is 3.25. The summed E-state index contributed by atoms with van der Waals surface area (Å²) in [7, 11) is 2.09. The molecule has 3 rings (SSSR count). The van der Waals surface area contributed by atoms with Gasteiger partial charge < -0.3 is 4.57 Å². The van der Waals surface area contributed by atoms with Gasteiger partial charge in [0.2, 0.25) is 0 Å². The number of nitrogens with zero attached hydrogens (tertiary/aromatic N) is 3. The molecule has 1 aliphatic heterocycles. The Morgan fingerprint density at radius 2 is 2.42 bits per heavy atom. The van der Waals surface area contributed by atoms with E-state index in [-0.39, 0.29) is 0 Å². The number of rotatable bonds is 4. The minimum absolute atomic E-state index is 0.758. The molecule has 1 fully saturated rings. The summed E-state index contributed by atoms with van der Waals surface area (Å²) in [5, 5.41) is 4.44. The summed E-state index contributed by atoms with van der Waals surface area (Å²) >= 11 is 1.79. The number of likely N-dealkylation sites (tertiary alicyclic amines) is 1. The molecule has 3 nitrogen and oxygen atoms in total. The summed E-state index contributed by atoms with van der Waals surface area (Å²) in [5.74, 6) is 1.98. The van der Waals surface area contributed by atoms with Gasteiger partial charge in [-0.15, -0.1) is 0 Å². The van der Waals surface area contributed by atoms with Gasteiger partial charge in [-0.1, -0.05) is 0 Å². The fourth-order valence-corrected chi connectivity index (χ4v) is 3.61. The second-order valence-corrected chi connectivity index (χ2v) is 6.31. The molecule has 0 N–H and O–H groups in total. The molecule has 0 spiro atoms. The second-order valence-electron chi connectivity index (χ2n) is 5.53. The van der Waals surface area contributed by atoms with Gasteiger partial charge in [-0.05, 0) is 47.7 Å². The first-order chi connectivity index (χ1) is 9.31. The maximum Gasteiger partial charge on any atom is 0.108 e. The lowest BCUT2D eigenvalue weighted by molar-refractivity contribution is 0.165. The van der Waals surface area contributed by atoms with Crippen LogP contribution in [0.15, 0.2) is 29.2 Å². The number of aryl methyl sites for hydroxylation is 1. The van der Waals surface area contributed by atoms with Crippen LogP contribution in [0.1, 0.15) is 24.2 Å². The molecule has 0 aliphatic carbocycles. The van der Waals surface area contributed by atoms with Crippen molar-refractivity contribution < 1.29 is 0 Å². The van der Waals surface area contributed by atoms with E-state index in [4.69, 9.17) is 0 Å². The lowest BCUT2D eigenvalue weighted by atomic mass is 9.94. The van der Waals surface area contributed by atoms with E-state index in [1.807, 2.05) is 12.4 Å². The summed E-state index contributed by atoms with van der Waals surface area (Å²) in [6, 6.07) is 2.24. The Kier molecular flexibility index (Phi) is 3.99. The summed E-state index contributed by atoms with van der Waals surface area (Å²) in [4.78, 5) is 7.05. The van der Waals surface area contributed by atoms with Gasteiger partial charge in [0.15, 0.2) is 0 Å². The highest BCUT2D eigenvalue weighted by atomic mass is 32.1. The van der Waals surface area contributed by atoms with Crippen molar-refractivity contribution in [1.29, 1.82) is 0 Å². The molecule has 3 heterocycles. The molecule has 2 aromatic rings. The molecular formula is C15H21N3S. The van der Waals surface area contributed by atoms with Gasteiger partial charge in [0.05, 0.1) is 0 Å². The molecule has 19 heavy (non-hydrogen) atoms. The molecule has 102 valence electrons. The van der Waals surface area contributed by atoms with Gasteiger partial charge in [-0.25, -0.2) is 4.98 Å². The van der Waals surface area contributed by atoms with Gasteiger partial charge in [0.25, 0.3) is 0 Å². The third-order valence-electron chi connectivity index (χ3n) is 3.98. The van der Waals surface area contributed by atoms with Crippen molar-refractivity contribution in [2.75, 3.05) is 13.1 Å². The number of aromatic nitrogens is 2. The van der Waals surface area contributed by atoms with Gasteiger partial charge in [-0.2, -0.15) is 11.3 Å². The highest BCUT2D eigenvalue weighted by Crippen LogP contribution is 2.22. The fraction of sp³-hybridized carbons (Fsp3) is 0.533. The smallest absolute Gasteiger partial charge is 0.108 e. The summed E-state index contributed by atoms with van der Waals surface area (Å²) in [5.41, 5.74) is 1.46. The molecule has 2 aromatic heterocycles. The van der Waals surface area contributed by atoms with Gasteiger partial charge in [0, 0.05) is 39.0 Å². The van der Waals surface area contributed by atoms with Gasteiger partial charge >= 0.3 is 0 Å². The lowest BCUT2D eigenvalue weighted by Gasteiger charge is -2.32. The summed E-state index contributed by atoms with van der Waals surface area (Å²) in [6.45, 7) is 3.57. The van der Waals surface area contributed by atoms with Crippen LogP contribution in [0.2, 0.25) is 0 Å². The third-order valence-corrected chi connectivity index (χ3v) is 4.71. The largest absolute Gasteiger partial charge is 0.338 e. The van der Waals surface area contributed by atoms with Crippen molar-refractivity contribution in [1.82, 2.24) is 14.5 Å². The van der Waals surface area contributed by atoms with Crippen LogP contribution in [0.5, 0.6) is 0 Å². The average molecular weight is 275 g/mol. The van der Waals surface area contributed by atoms with E-state index in [0.717, 1.165) is 18.9 Å². The van der Waals surface area contributed by atoms with Crippen molar-refractivity contribution in [2.24, 2.45) is 13.0 Å². The maximum atomic E-state index is 4.46. The Balaban J connectivity index is 1.57. The molecule has 0 saturated carbocycles. The molecule has 0 radical (unpaired) electrons. The highest BCUT2D eigenvalue weighted by molar-refractivity contribution is 7.07. The Bertz CT molecular complexity index is 503. The van der Waals surface area contributed by atoms with E-state index in [0.29, 0.717) is 0 Å². The van der Waals surface area contributed by atoms with Crippen molar-refractivity contribution >= 4 is 11.3 Å². The number of hydrogen-bond donors (Lipinski definition) is 0. The zero-order chi connectivity index (χ0) is 13.1. The monoisotopic (exact) mass is 275 g/mol. The Morgan fingerprint density at radius 3 is 3.16 bits per heavy atom. The quantitative estimate of drug-likeness (QED) is 0.855. The van der Waals surface area contributed by atoms with Crippen molar-refractivity contribution in [2.45, 2.75) is 25.8 Å². The van der Waals surface area contributed by atoms with Crippen LogP contribution in [0, 0.1) is 5.92 Å². The zero-order valence-corrected chi connectivity index (χ0v) is 12.3. The second kappa shape index (κ2) is 5.88. The Morgan fingerprint density at radius 1 is 1.47 bits per heavy atom. The van der Waals surface area contributed by atoms with Crippen LogP contribution in [0.3, 0.4) is 0 Å². The number of thiophene rings is 1. The Labute approximate surface area is 118 Å². The summed E-state index contributed by atoms with van der Waals surface area (Å²) in [6.07, 6.45) is 7.72. The normalized spacial score (nSPS) is 20.8. The molecule has 0 aromatic carbocycles. The number of imidazole rings is 1.